The molecule has 1 aliphatic rings. The smallest absolute Gasteiger partial charge is 0.445 e. The standard InChI is InChI=1S/C23H26BBrFNO4/c1-22(2)23(3,4)31-24(30-22)18(12-17-10-11-19(25)20(26)13-17)14-27-21(28)29-15-16-8-6-5-7-9-16/h5-13H,14-15H2,1-4H3,(H,27,28). The van der Waals surface area contributed by atoms with Crippen LogP contribution in [0.4, 0.5) is 9.18 Å². The molecule has 0 unspecified atom stereocenters. The van der Waals surface area contributed by atoms with Crippen LogP contribution in [0.3, 0.4) is 0 Å². The molecule has 0 saturated carbocycles. The van der Waals surface area contributed by atoms with Gasteiger partial charge >= 0.3 is 13.2 Å². The first-order valence-corrected chi connectivity index (χ1v) is 10.8. The summed E-state index contributed by atoms with van der Waals surface area (Å²) in [6.07, 6.45) is 1.20. The molecule has 1 fully saturated rings. The first-order chi connectivity index (χ1) is 14.6. The van der Waals surface area contributed by atoms with Crippen LogP contribution in [-0.4, -0.2) is 31.0 Å². The predicted molar refractivity (Wildman–Crippen MR) is 123 cm³/mol. The second-order valence-corrected chi connectivity index (χ2v) is 9.25. The maximum absolute atomic E-state index is 14.0. The van der Waals surface area contributed by atoms with Crippen molar-refractivity contribution in [2.24, 2.45) is 0 Å². The van der Waals surface area contributed by atoms with Gasteiger partial charge in [-0.2, -0.15) is 0 Å². The average molecular weight is 490 g/mol. The lowest BCUT2D eigenvalue weighted by molar-refractivity contribution is 0.00578. The first kappa shape index (κ1) is 23.5. The molecule has 0 aliphatic carbocycles. The van der Waals surface area contributed by atoms with E-state index in [-0.39, 0.29) is 19.0 Å². The third-order valence-electron chi connectivity index (χ3n) is 5.50. The second-order valence-electron chi connectivity index (χ2n) is 8.40. The van der Waals surface area contributed by atoms with E-state index in [9.17, 15) is 9.18 Å². The fraction of sp³-hybridized carbons (Fsp3) is 0.348. The lowest BCUT2D eigenvalue weighted by Gasteiger charge is -2.32. The van der Waals surface area contributed by atoms with Gasteiger partial charge < -0.3 is 19.4 Å². The molecule has 1 amide bonds. The van der Waals surface area contributed by atoms with Gasteiger partial charge in [0, 0.05) is 6.54 Å². The SMILES string of the molecule is CC1(C)OB(C(=Cc2ccc(Br)c(F)c2)CNC(=O)OCc2ccccc2)OC1(C)C. The lowest BCUT2D eigenvalue weighted by atomic mass is 9.77. The number of amides is 1. The van der Waals surface area contributed by atoms with Crippen molar-refractivity contribution in [2.75, 3.05) is 6.54 Å². The summed E-state index contributed by atoms with van der Waals surface area (Å²) in [7, 11) is -0.689. The zero-order chi connectivity index (χ0) is 22.6. The zero-order valence-electron chi connectivity index (χ0n) is 18.1. The Morgan fingerprint density at radius 1 is 1.13 bits per heavy atom. The molecular formula is C23H26BBrFNO4. The van der Waals surface area contributed by atoms with Crippen LogP contribution < -0.4 is 5.32 Å². The summed E-state index contributed by atoms with van der Waals surface area (Å²) in [6.45, 7) is 8.09. The van der Waals surface area contributed by atoms with Crippen molar-refractivity contribution in [1.82, 2.24) is 5.32 Å². The van der Waals surface area contributed by atoms with E-state index in [2.05, 4.69) is 21.2 Å². The number of nitrogens with one attached hydrogen (secondary N) is 1. The third kappa shape index (κ3) is 5.96. The van der Waals surface area contributed by atoms with Gasteiger partial charge in [-0.15, -0.1) is 0 Å². The normalized spacial score (nSPS) is 17.5. The van der Waals surface area contributed by atoms with Crippen molar-refractivity contribution in [1.29, 1.82) is 0 Å². The van der Waals surface area contributed by atoms with Crippen LogP contribution >= 0.6 is 15.9 Å². The van der Waals surface area contributed by atoms with Crippen LogP contribution in [-0.2, 0) is 20.7 Å². The number of alkyl carbamates (subject to hydrolysis) is 1. The lowest BCUT2D eigenvalue weighted by Crippen LogP contribution is -2.41. The van der Waals surface area contributed by atoms with Crippen LogP contribution in [0.5, 0.6) is 0 Å². The van der Waals surface area contributed by atoms with E-state index >= 15 is 0 Å². The molecule has 1 aliphatic heterocycles. The highest BCUT2D eigenvalue weighted by atomic mass is 79.9. The molecule has 5 nitrogen and oxygen atoms in total. The summed E-state index contributed by atoms with van der Waals surface area (Å²) in [5.74, 6) is -0.378. The highest BCUT2D eigenvalue weighted by Gasteiger charge is 2.52. The largest absolute Gasteiger partial charge is 0.492 e. The fourth-order valence-corrected chi connectivity index (χ4v) is 3.21. The Balaban J connectivity index is 1.73. The van der Waals surface area contributed by atoms with Crippen molar-refractivity contribution < 1.29 is 23.2 Å². The number of ether oxygens (including phenoxy) is 1. The second kappa shape index (κ2) is 9.55. The molecule has 1 N–H and O–H groups in total. The summed E-state index contributed by atoms with van der Waals surface area (Å²) in [4.78, 5) is 12.2. The maximum Gasteiger partial charge on any atom is 0.492 e. The van der Waals surface area contributed by atoms with Gasteiger partial charge in [0.2, 0.25) is 0 Å². The molecule has 3 rings (SSSR count). The molecule has 2 aromatic carbocycles. The molecule has 0 bridgehead atoms. The number of rotatable bonds is 6. The number of hydrogen-bond donors (Lipinski definition) is 1. The Labute approximate surface area is 191 Å². The molecule has 1 saturated heterocycles. The van der Waals surface area contributed by atoms with Gasteiger partial charge in [0.15, 0.2) is 0 Å². The molecular weight excluding hydrogens is 464 g/mol. The van der Waals surface area contributed by atoms with E-state index in [4.69, 9.17) is 14.0 Å². The van der Waals surface area contributed by atoms with Crippen LogP contribution in [0.25, 0.3) is 6.08 Å². The summed E-state index contributed by atoms with van der Waals surface area (Å²) < 4.78 is 31.9. The Bertz CT molecular complexity index is 949. The molecule has 8 heteroatoms. The minimum Gasteiger partial charge on any atom is -0.445 e. The minimum atomic E-state index is -0.689. The molecule has 1 heterocycles. The molecule has 0 aromatic heterocycles. The van der Waals surface area contributed by atoms with Crippen molar-refractivity contribution in [2.45, 2.75) is 45.5 Å². The highest BCUT2D eigenvalue weighted by molar-refractivity contribution is 9.10. The van der Waals surface area contributed by atoms with E-state index in [0.29, 0.717) is 15.5 Å². The Hall–Kier alpha value is -2.16. The number of benzene rings is 2. The van der Waals surface area contributed by atoms with Crippen LogP contribution in [0, 0.1) is 5.82 Å². The number of carbonyl (C=O) groups is 1. The predicted octanol–water partition coefficient (Wildman–Crippen LogP) is 5.53. The molecule has 31 heavy (non-hydrogen) atoms. The molecule has 0 spiro atoms. The van der Waals surface area contributed by atoms with E-state index in [1.807, 2.05) is 58.0 Å². The van der Waals surface area contributed by atoms with Gasteiger partial charge in [0.05, 0.1) is 15.7 Å². The highest BCUT2D eigenvalue weighted by Crippen LogP contribution is 2.38. The number of halogens is 2. The summed E-state index contributed by atoms with van der Waals surface area (Å²) >= 11 is 3.16. The van der Waals surface area contributed by atoms with Gasteiger partial charge in [0.1, 0.15) is 12.4 Å². The van der Waals surface area contributed by atoms with Gasteiger partial charge in [-0.3, -0.25) is 0 Å². The molecule has 0 radical (unpaired) electrons. The molecule has 164 valence electrons. The summed E-state index contributed by atoms with van der Waals surface area (Å²) in [5, 5.41) is 2.74. The van der Waals surface area contributed by atoms with Gasteiger partial charge in [0.25, 0.3) is 0 Å². The summed E-state index contributed by atoms with van der Waals surface area (Å²) in [5.41, 5.74) is 1.08. The topological polar surface area (TPSA) is 56.8 Å². The van der Waals surface area contributed by atoms with E-state index < -0.39 is 24.4 Å². The van der Waals surface area contributed by atoms with Crippen molar-refractivity contribution in [3.8, 4) is 0 Å². The molecule has 0 atom stereocenters. The Kier molecular flexibility index (Phi) is 7.24. The van der Waals surface area contributed by atoms with Crippen molar-refractivity contribution in [3.05, 3.63) is 75.4 Å². The van der Waals surface area contributed by atoms with E-state index in [1.165, 1.54) is 6.07 Å². The fourth-order valence-electron chi connectivity index (χ4n) is 2.96. The Morgan fingerprint density at radius 3 is 2.39 bits per heavy atom. The van der Waals surface area contributed by atoms with Crippen LogP contribution in [0.2, 0.25) is 0 Å². The van der Waals surface area contributed by atoms with E-state index in [1.54, 1.807) is 18.2 Å². The number of carbonyl (C=O) groups excluding carboxylic acids is 1. The van der Waals surface area contributed by atoms with Crippen molar-refractivity contribution >= 4 is 35.2 Å². The maximum atomic E-state index is 14.0. The average Bonchev–Trinajstić information content (AvgIpc) is 2.94. The summed E-state index contributed by atoms with van der Waals surface area (Å²) in [6, 6.07) is 14.2. The zero-order valence-corrected chi connectivity index (χ0v) is 19.7. The minimum absolute atomic E-state index is 0.127. The number of hydrogen-bond acceptors (Lipinski definition) is 4. The van der Waals surface area contributed by atoms with Crippen LogP contribution in [0.15, 0.2) is 58.5 Å². The first-order valence-electron chi connectivity index (χ1n) is 10.0. The quantitative estimate of drug-likeness (QED) is 0.542. The molecule has 2 aromatic rings. The van der Waals surface area contributed by atoms with Gasteiger partial charge in [-0.1, -0.05) is 42.5 Å². The monoisotopic (exact) mass is 489 g/mol. The third-order valence-corrected chi connectivity index (χ3v) is 6.14. The van der Waals surface area contributed by atoms with Gasteiger partial charge in [-0.05, 0) is 72.4 Å². The van der Waals surface area contributed by atoms with Crippen molar-refractivity contribution in [3.63, 3.8) is 0 Å². The van der Waals surface area contributed by atoms with Gasteiger partial charge in [-0.25, -0.2) is 9.18 Å². The van der Waals surface area contributed by atoms with Crippen LogP contribution in [0.1, 0.15) is 38.8 Å². The Morgan fingerprint density at radius 2 is 1.77 bits per heavy atom. The van der Waals surface area contributed by atoms with E-state index in [0.717, 1.165) is 5.56 Å².